The van der Waals surface area contributed by atoms with Crippen LogP contribution in [0, 0.1) is 0 Å². The van der Waals surface area contributed by atoms with Gasteiger partial charge in [-0.05, 0) is 18.4 Å². The van der Waals surface area contributed by atoms with E-state index in [4.69, 9.17) is 5.11 Å². The third-order valence-corrected chi connectivity index (χ3v) is 3.60. The molecule has 0 unspecified atom stereocenters. The van der Waals surface area contributed by atoms with Gasteiger partial charge in [-0.25, -0.2) is 0 Å². The van der Waals surface area contributed by atoms with E-state index in [1.165, 1.54) is 6.92 Å². The molecule has 0 bridgehead atoms. The van der Waals surface area contributed by atoms with Gasteiger partial charge in [0.15, 0.2) is 0 Å². The Morgan fingerprint density at radius 1 is 1.30 bits per heavy atom. The van der Waals surface area contributed by atoms with E-state index in [-0.39, 0.29) is 24.5 Å². The molecule has 1 aromatic rings. The van der Waals surface area contributed by atoms with Crippen LogP contribution < -0.4 is 5.32 Å². The van der Waals surface area contributed by atoms with Crippen LogP contribution in [0.5, 0.6) is 0 Å². The molecule has 0 aliphatic heterocycles. The fraction of sp³-hybridized carbons (Fsp3) is 0.467. The molecule has 2 N–H and O–H groups in total. The molecule has 108 valence electrons. The summed E-state index contributed by atoms with van der Waals surface area (Å²) in [5.74, 6) is -0.842. The van der Waals surface area contributed by atoms with Gasteiger partial charge in [0.05, 0.1) is 6.54 Å². The van der Waals surface area contributed by atoms with Gasteiger partial charge in [-0.3, -0.25) is 14.5 Å². The number of carboxylic acid groups (broad SMARTS) is 1. The van der Waals surface area contributed by atoms with Gasteiger partial charge in [0.2, 0.25) is 5.91 Å². The molecule has 5 nitrogen and oxygen atoms in total. The maximum atomic E-state index is 11.0. The van der Waals surface area contributed by atoms with Gasteiger partial charge in [0, 0.05) is 25.6 Å². The van der Waals surface area contributed by atoms with Gasteiger partial charge in [0.1, 0.15) is 0 Å². The largest absolute Gasteiger partial charge is 0.480 e. The van der Waals surface area contributed by atoms with Crippen LogP contribution in [0.2, 0.25) is 0 Å². The number of carbonyl (C=O) groups is 2. The summed E-state index contributed by atoms with van der Waals surface area (Å²) in [6, 6.07) is 10.3. The Balaban J connectivity index is 1.92. The highest BCUT2D eigenvalue weighted by molar-refractivity contribution is 5.73. The number of carboxylic acids is 1. The van der Waals surface area contributed by atoms with Crippen molar-refractivity contribution in [2.24, 2.45) is 0 Å². The van der Waals surface area contributed by atoms with E-state index in [0.717, 1.165) is 18.4 Å². The van der Waals surface area contributed by atoms with E-state index in [0.29, 0.717) is 6.54 Å². The molecule has 1 amide bonds. The van der Waals surface area contributed by atoms with E-state index in [9.17, 15) is 9.59 Å². The van der Waals surface area contributed by atoms with Crippen LogP contribution >= 0.6 is 0 Å². The van der Waals surface area contributed by atoms with Crippen LogP contribution in [0.3, 0.4) is 0 Å². The summed E-state index contributed by atoms with van der Waals surface area (Å²) in [6.07, 6.45) is 1.64. The number of nitrogens with one attached hydrogen (secondary N) is 1. The third kappa shape index (κ3) is 4.06. The van der Waals surface area contributed by atoms with Gasteiger partial charge < -0.3 is 10.4 Å². The first-order chi connectivity index (χ1) is 9.54. The molecule has 2 rings (SSSR count). The van der Waals surface area contributed by atoms with Gasteiger partial charge in [-0.2, -0.15) is 0 Å². The molecule has 0 saturated heterocycles. The quantitative estimate of drug-likeness (QED) is 0.820. The minimum atomic E-state index is -0.816. The highest BCUT2D eigenvalue weighted by Gasteiger charge is 2.34. The maximum absolute atomic E-state index is 11.0. The molecule has 1 aliphatic carbocycles. The number of hydrogen-bond acceptors (Lipinski definition) is 3. The summed E-state index contributed by atoms with van der Waals surface area (Å²) in [4.78, 5) is 23.9. The second-order valence-electron chi connectivity index (χ2n) is 5.31. The Morgan fingerprint density at radius 3 is 2.50 bits per heavy atom. The zero-order valence-electron chi connectivity index (χ0n) is 11.6. The van der Waals surface area contributed by atoms with Crippen molar-refractivity contribution in [1.82, 2.24) is 10.2 Å². The minimum Gasteiger partial charge on any atom is -0.480 e. The van der Waals surface area contributed by atoms with Crippen LogP contribution in [0.1, 0.15) is 25.3 Å². The Labute approximate surface area is 118 Å². The summed E-state index contributed by atoms with van der Waals surface area (Å²) in [7, 11) is 0. The molecule has 5 heteroatoms. The average Bonchev–Trinajstić information content (AvgIpc) is 2.33. The van der Waals surface area contributed by atoms with Crippen molar-refractivity contribution >= 4 is 11.9 Å². The van der Waals surface area contributed by atoms with Crippen molar-refractivity contribution in [3.05, 3.63) is 35.9 Å². The highest BCUT2D eigenvalue weighted by atomic mass is 16.4. The van der Waals surface area contributed by atoms with Crippen molar-refractivity contribution in [2.45, 2.75) is 38.4 Å². The number of hydrogen-bond donors (Lipinski definition) is 2. The highest BCUT2D eigenvalue weighted by Crippen LogP contribution is 2.27. The predicted molar refractivity (Wildman–Crippen MR) is 75.1 cm³/mol. The fourth-order valence-electron chi connectivity index (χ4n) is 2.60. The Kier molecular flexibility index (Phi) is 4.74. The van der Waals surface area contributed by atoms with Crippen molar-refractivity contribution in [1.29, 1.82) is 0 Å². The fourth-order valence-corrected chi connectivity index (χ4v) is 2.60. The van der Waals surface area contributed by atoms with Crippen LogP contribution in [0.4, 0.5) is 0 Å². The molecule has 0 aromatic heterocycles. The maximum Gasteiger partial charge on any atom is 0.317 e. The van der Waals surface area contributed by atoms with Gasteiger partial charge in [0.25, 0.3) is 0 Å². The lowest BCUT2D eigenvalue weighted by Gasteiger charge is -2.42. The van der Waals surface area contributed by atoms with Crippen LogP contribution in [0.15, 0.2) is 30.3 Å². The normalized spacial score (nSPS) is 21.3. The predicted octanol–water partition coefficient (Wildman–Crippen LogP) is 1.24. The first kappa shape index (κ1) is 14.5. The van der Waals surface area contributed by atoms with E-state index in [1.54, 1.807) is 0 Å². The lowest BCUT2D eigenvalue weighted by molar-refractivity contribution is -0.140. The van der Waals surface area contributed by atoms with Crippen molar-refractivity contribution in [3.8, 4) is 0 Å². The molecule has 0 spiro atoms. The second kappa shape index (κ2) is 6.52. The average molecular weight is 276 g/mol. The molecular formula is C15H20N2O3. The number of carbonyl (C=O) groups excluding carboxylic acids is 1. The van der Waals surface area contributed by atoms with Crippen molar-refractivity contribution in [3.63, 3.8) is 0 Å². The summed E-state index contributed by atoms with van der Waals surface area (Å²) >= 11 is 0. The SMILES string of the molecule is CC(=O)NC1CC(N(CC(=O)O)Cc2ccccc2)C1. The van der Waals surface area contributed by atoms with Gasteiger partial charge >= 0.3 is 5.97 Å². The Morgan fingerprint density at radius 2 is 1.95 bits per heavy atom. The van der Waals surface area contributed by atoms with E-state index >= 15 is 0 Å². The van der Waals surface area contributed by atoms with Crippen LogP contribution in [-0.4, -0.2) is 40.5 Å². The van der Waals surface area contributed by atoms with Crippen molar-refractivity contribution in [2.75, 3.05) is 6.54 Å². The topological polar surface area (TPSA) is 69.6 Å². The summed E-state index contributed by atoms with van der Waals surface area (Å²) in [5.41, 5.74) is 1.11. The number of benzene rings is 1. The molecule has 1 saturated carbocycles. The number of amides is 1. The first-order valence-electron chi connectivity index (χ1n) is 6.81. The zero-order chi connectivity index (χ0) is 14.5. The molecule has 1 aliphatic rings. The molecule has 0 radical (unpaired) electrons. The van der Waals surface area contributed by atoms with E-state index in [1.807, 2.05) is 35.2 Å². The molecule has 1 fully saturated rings. The number of rotatable bonds is 6. The summed E-state index contributed by atoms with van der Waals surface area (Å²) in [5, 5.41) is 11.9. The summed E-state index contributed by atoms with van der Waals surface area (Å²) < 4.78 is 0. The standard InChI is InChI=1S/C15H20N2O3/c1-11(18)16-13-7-14(8-13)17(10-15(19)20)9-12-5-3-2-4-6-12/h2-6,13-14H,7-10H2,1H3,(H,16,18)(H,19,20). The zero-order valence-corrected chi connectivity index (χ0v) is 11.6. The van der Waals surface area contributed by atoms with E-state index < -0.39 is 5.97 Å². The molecule has 0 atom stereocenters. The molecule has 0 heterocycles. The van der Waals surface area contributed by atoms with Crippen LogP contribution in [-0.2, 0) is 16.1 Å². The molecule has 1 aromatic carbocycles. The monoisotopic (exact) mass is 276 g/mol. The number of nitrogens with zero attached hydrogens (tertiary/aromatic N) is 1. The molecular weight excluding hydrogens is 256 g/mol. The number of aliphatic carboxylic acids is 1. The second-order valence-corrected chi connectivity index (χ2v) is 5.31. The smallest absolute Gasteiger partial charge is 0.317 e. The first-order valence-corrected chi connectivity index (χ1v) is 6.81. The van der Waals surface area contributed by atoms with Gasteiger partial charge in [-0.1, -0.05) is 30.3 Å². The van der Waals surface area contributed by atoms with E-state index in [2.05, 4.69) is 5.32 Å². The third-order valence-electron chi connectivity index (χ3n) is 3.60. The summed E-state index contributed by atoms with van der Waals surface area (Å²) in [6.45, 7) is 2.17. The Bertz CT molecular complexity index is 469. The lowest BCUT2D eigenvalue weighted by atomic mass is 9.85. The van der Waals surface area contributed by atoms with Gasteiger partial charge in [-0.15, -0.1) is 0 Å². The van der Waals surface area contributed by atoms with Crippen molar-refractivity contribution < 1.29 is 14.7 Å². The van der Waals surface area contributed by atoms with Crippen LogP contribution in [0.25, 0.3) is 0 Å². The molecule has 20 heavy (non-hydrogen) atoms. The lowest BCUT2D eigenvalue weighted by Crippen LogP contribution is -2.54. The Hall–Kier alpha value is -1.88. The minimum absolute atomic E-state index is 0.0266.